The van der Waals surface area contributed by atoms with E-state index in [4.69, 9.17) is 29.6 Å². The van der Waals surface area contributed by atoms with Crippen molar-refractivity contribution in [3.8, 4) is 0 Å². The monoisotopic (exact) mass is 473 g/mol. The number of nitrogens with one attached hydrogen (secondary N) is 1. The molecule has 3 N–H and O–H groups in total. The zero-order chi connectivity index (χ0) is 23.4. The van der Waals surface area contributed by atoms with E-state index in [9.17, 15) is 4.79 Å². The molecular formula is C24H32ClN5OS. The summed E-state index contributed by atoms with van der Waals surface area (Å²) >= 11 is 11.8. The molecule has 1 heterocycles. The van der Waals surface area contributed by atoms with Gasteiger partial charge in [-0.25, -0.2) is 0 Å². The summed E-state index contributed by atoms with van der Waals surface area (Å²) in [6, 6.07) is 16.1. The summed E-state index contributed by atoms with van der Waals surface area (Å²) in [6.45, 7) is 3.78. The fourth-order valence-electron chi connectivity index (χ4n) is 4.06. The van der Waals surface area contributed by atoms with Crippen LogP contribution in [-0.4, -0.2) is 67.3 Å². The van der Waals surface area contributed by atoms with E-state index in [1.54, 1.807) is 18.0 Å². The van der Waals surface area contributed by atoms with Gasteiger partial charge in [0.25, 0.3) is 5.91 Å². The van der Waals surface area contributed by atoms with Gasteiger partial charge >= 0.3 is 0 Å². The summed E-state index contributed by atoms with van der Waals surface area (Å²) in [5.74, 6) is -0.211. The first kappa shape index (κ1) is 24.5. The molecule has 1 amide bonds. The molecule has 0 aromatic heterocycles. The number of benzene rings is 2. The standard InChI is InChI=1S/C24H32ClN5OS/c1-16(17-8-6-5-7-9-17)20-14-18(25)10-11-21(20)29(4)23(31)22(26)27-24(32)30-13-12-19(15-30)28(2)3/h5-11,14,16,19,22H,12-13,15,26H2,1-4H3,(H,27,32). The van der Waals surface area contributed by atoms with E-state index in [0.29, 0.717) is 16.2 Å². The van der Waals surface area contributed by atoms with Crippen LogP contribution in [0, 0.1) is 0 Å². The maximum atomic E-state index is 13.2. The number of anilines is 1. The third-order valence-electron chi connectivity index (χ3n) is 6.17. The van der Waals surface area contributed by atoms with Crippen LogP contribution in [0.4, 0.5) is 5.69 Å². The Labute approximate surface area is 201 Å². The molecule has 0 radical (unpaired) electrons. The van der Waals surface area contributed by atoms with Gasteiger partial charge in [0.05, 0.1) is 0 Å². The molecule has 8 heteroatoms. The van der Waals surface area contributed by atoms with E-state index >= 15 is 0 Å². The first-order valence-electron chi connectivity index (χ1n) is 10.8. The van der Waals surface area contributed by atoms with Crippen molar-refractivity contribution in [3.05, 3.63) is 64.7 Å². The van der Waals surface area contributed by atoms with Crippen LogP contribution >= 0.6 is 23.8 Å². The van der Waals surface area contributed by atoms with Crippen LogP contribution in [0.5, 0.6) is 0 Å². The lowest BCUT2D eigenvalue weighted by atomic mass is 9.91. The molecule has 0 bridgehead atoms. The summed E-state index contributed by atoms with van der Waals surface area (Å²) in [6.07, 6.45) is 0.0881. The number of amides is 1. The Bertz CT molecular complexity index is 955. The third kappa shape index (κ3) is 5.59. The minimum absolute atomic E-state index is 0.0537. The lowest BCUT2D eigenvalue weighted by molar-refractivity contribution is -0.119. The van der Waals surface area contributed by atoms with Crippen LogP contribution in [0.25, 0.3) is 0 Å². The van der Waals surface area contributed by atoms with E-state index < -0.39 is 6.17 Å². The van der Waals surface area contributed by atoms with Crippen molar-refractivity contribution >= 4 is 40.5 Å². The summed E-state index contributed by atoms with van der Waals surface area (Å²) in [7, 11) is 5.86. The maximum absolute atomic E-state index is 13.2. The van der Waals surface area contributed by atoms with E-state index in [2.05, 4.69) is 48.3 Å². The smallest absolute Gasteiger partial charge is 0.264 e. The number of hydrogen-bond donors (Lipinski definition) is 2. The molecule has 3 rings (SSSR count). The molecular weight excluding hydrogens is 442 g/mol. The number of halogens is 1. The largest absolute Gasteiger partial charge is 0.348 e. The fourth-order valence-corrected chi connectivity index (χ4v) is 4.53. The second-order valence-electron chi connectivity index (χ2n) is 8.51. The van der Waals surface area contributed by atoms with Crippen LogP contribution in [0.1, 0.15) is 30.4 Å². The summed E-state index contributed by atoms with van der Waals surface area (Å²) in [5.41, 5.74) is 9.11. The molecule has 0 aliphatic carbocycles. The zero-order valence-corrected chi connectivity index (χ0v) is 20.7. The Kier molecular flexibility index (Phi) is 8.11. The number of nitrogens with zero attached hydrogens (tertiary/aromatic N) is 3. The number of likely N-dealkylation sites (tertiary alicyclic amines) is 1. The van der Waals surface area contributed by atoms with Crippen molar-refractivity contribution in [2.45, 2.75) is 31.5 Å². The second kappa shape index (κ2) is 10.6. The molecule has 3 unspecified atom stereocenters. The summed E-state index contributed by atoms with van der Waals surface area (Å²) < 4.78 is 0. The first-order valence-corrected chi connectivity index (χ1v) is 11.6. The Morgan fingerprint density at radius 2 is 1.91 bits per heavy atom. The predicted octanol–water partition coefficient (Wildman–Crippen LogP) is 3.25. The third-order valence-corrected chi connectivity index (χ3v) is 6.78. The molecule has 2 aromatic rings. The molecule has 2 aromatic carbocycles. The van der Waals surface area contributed by atoms with Crippen molar-refractivity contribution in [1.82, 2.24) is 15.1 Å². The zero-order valence-electron chi connectivity index (χ0n) is 19.1. The van der Waals surface area contributed by atoms with Crippen LogP contribution in [0.2, 0.25) is 5.02 Å². The van der Waals surface area contributed by atoms with E-state index in [1.165, 1.54) is 0 Å². The van der Waals surface area contributed by atoms with Gasteiger partial charge in [0, 0.05) is 42.8 Å². The van der Waals surface area contributed by atoms with E-state index in [-0.39, 0.29) is 11.8 Å². The van der Waals surface area contributed by atoms with Gasteiger partial charge in [-0.15, -0.1) is 0 Å². The number of rotatable bonds is 6. The molecule has 32 heavy (non-hydrogen) atoms. The molecule has 1 aliphatic heterocycles. The molecule has 0 saturated carbocycles. The lowest BCUT2D eigenvalue weighted by Crippen LogP contribution is -2.56. The highest BCUT2D eigenvalue weighted by molar-refractivity contribution is 7.80. The van der Waals surface area contributed by atoms with Gasteiger partial charge in [-0.2, -0.15) is 0 Å². The van der Waals surface area contributed by atoms with Gasteiger partial charge in [0.2, 0.25) is 0 Å². The molecule has 3 atom stereocenters. The van der Waals surface area contributed by atoms with Gasteiger partial charge in [0.1, 0.15) is 0 Å². The Balaban J connectivity index is 1.73. The Hall–Kier alpha value is -2.19. The Morgan fingerprint density at radius 1 is 1.22 bits per heavy atom. The fraction of sp³-hybridized carbons (Fsp3) is 0.417. The van der Waals surface area contributed by atoms with E-state index in [1.807, 2.05) is 30.3 Å². The molecule has 1 fully saturated rings. The minimum atomic E-state index is -0.943. The number of carbonyl (C=O) groups is 1. The van der Waals surface area contributed by atoms with Gasteiger partial charge in [0.15, 0.2) is 11.3 Å². The number of hydrogen-bond acceptors (Lipinski definition) is 4. The number of nitrogens with two attached hydrogens (primary N) is 1. The number of thiocarbonyl (C=S) groups is 1. The average molecular weight is 474 g/mol. The SMILES string of the molecule is CC(c1ccccc1)c1cc(Cl)ccc1N(C)C(=O)C(N)NC(=S)N1CCC(N(C)C)C1. The number of likely N-dealkylation sites (N-methyl/N-ethyl adjacent to an activating group) is 2. The van der Waals surface area contributed by atoms with Crippen LogP contribution in [0.15, 0.2) is 48.5 Å². The van der Waals surface area contributed by atoms with Crippen molar-refractivity contribution in [1.29, 1.82) is 0 Å². The summed E-state index contributed by atoms with van der Waals surface area (Å²) in [5, 5.41) is 4.16. The van der Waals surface area contributed by atoms with Crippen LogP contribution < -0.4 is 16.0 Å². The van der Waals surface area contributed by atoms with Crippen molar-refractivity contribution in [2.24, 2.45) is 5.73 Å². The highest BCUT2D eigenvalue weighted by Gasteiger charge is 2.29. The van der Waals surface area contributed by atoms with Gasteiger partial charge in [-0.05, 0) is 62.1 Å². The predicted molar refractivity (Wildman–Crippen MR) is 136 cm³/mol. The Morgan fingerprint density at radius 3 is 2.53 bits per heavy atom. The van der Waals surface area contributed by atoms with Crippen molar-refractivity contribution < 1.29 is 4.79 Å². The van der Waals surface area contributed by atoms with Gasteiger partial charge in [-0.1, -0.05) is 48.9 Å². The number of carbonyl (C=O) groups excluding carboxylic acids is 1. The second-order valence-corrected chi connectivity index (χ2v) is 9.34. The molecule has 0 spiro atoms. The topological polar surface area (TPSA) is 64.8 Å². The molecule has 1 saturated heterocycles. The first-order chi connectivity index (χ1) is 15.2. The van der Waals surface area contributed by atoms with Gasteiger partial charge in [-0.3, -0.25) is 4.79 Å². The van der Waals surface area contributed by atoms with Crippen LogP contribution in [-0.2, 0) is 4.79 Å². The maximum Gasteiger partial charge on any atom is 0.264 e. The highest BCUT2D eigenvalue weighted by Crippen LogP contribution is 2.34. The molecule has 6 nitrogen and oxygen atoms in total. The highest BCUT2D eigenvalue weighted by atomic mass is 35.5. The molecule has 172 valence electrons. The molecule has 1 aliphatic rings. The van der Waals surface area contributed by atoms with Gasteiger partial charge < -0.3 is 25.8 Å². The average Bonchev–Trinajstić information content (AvgIpc) is 3.29. The lowest BCUT2D eigenvalue weighted by Gasteiger charge is -2.29. The van der Waals surface area contributed by atoms with Crippen LogP contribution in [0.3, 0.4) is 0 Å². The minimum Gasteiger partial charge on any atom is -0.348 e. The van der Waals surface area contributed by atoms with Crippen molar-refractivity contribution in [2.75, 3.05) is 39.1 Å². The van der Waals surface area contributed by atoms with E-state index in [0.717, 1.165) is 36.3 Å². The normalized spacial score (nSPS) is 17.8. The summed E-state index contributed by atoms with van der Waals surface area (Å²) in [4.78, 5) is 19.0. The quantitative estimate of drug-likeness (QED) is 0.496. The van der Waals surface area contributed by atoms with Crippen molar-refractivity contribution in [3.63, 3.8) is 0 Å².